The molecule has 0 radical (unpaired) electrons. The highest BCUT2D eigenvalue weighted by Crippen LogP contribution is 2.37. The number of carbonyl (C=O) groups is 1. The Hall–Kier alpha value is -3.78. The lowest BCUT2D eigenvalue weighted by atomic mass is 9.86. The Bertz CT molecular complexity index is 1560. The topological polar surface area (TPSA) is 94.8 Å². The summed E-state index contributed by atoms with van der Waals surface area (Å²) in [4.78, 5) is 13.4. The summed E-state index contributed by atoms with van der Waals surface area (Å²) in [6.45, 7) is 8.58. The third kappa shape index (κ3) is 5.80. The molecule has 0 aliphatic carbocycles. The predicted octanol–water partition coefficient (Wildman–Crippen LogP) is 5.87. The fourth-order valence-electron chi connectivity index (χ4n) is 4.45. The molecule has 3 aromatic carbocycles. The third-order valence-corrected chi connectivity index (χ3v) is 6.51. The number of esters is 1. The summed E-state index contributed by atoms with van der Waals surface area (Å²) in [5.41, 5.74) is 4.52. The first-order valence-corrected chi connectivity index (χ1v) is 13.8. The lowest BCUT2D eigenvalue weighted by Gasteiger charge is -2.19. The summed E-state index contributed by atoms with van der Waals surface area (Å²) in [5, 5.41) is 11.1. The molecule has 37 heavy (non-hydrogen) atoms. The van der Waals surface area contributed by atoms with Crippen LogP contribution in [-0.4, -0.2) is 36.9 Å². The number of ether oxygens (including phenoxy) is 1. The van der Waals surface area contributed by atoms with Crippen molar-refractivity contribution in [3.05, 3.63) is 83.6 Å². The number of aromatic nitrogens is 1. The number of hydrogen-bond donors (Lipinski definition) is 1. The van der Waals surface area contributed by atoms with E-state index in [0.717, 1.165) is 28.3 Å². The SMILES string of the molecule is CCOC(=O)c1c(-c2ccc(C(C)(C)C)cc2)c2ccccc2n1Cc1cc(O)cc(OS(C)(=O)=O)c1. The molecule has 1 heterocycles. The fraction of sp³-hybridized carbons (Fsp3) is 0.276. The number of para-hydroxylation sites is 1. The zero-order chi connectivity index (χ0) is 27.0. The monoisotopic (exact) mass is 521 g/mol. The molecule has 4 rings (SSSR count). The van der Waals surface area contributed by atoms with E-state index >= 15 is 0 Å². The van der Waals surface area contributed by atoms with E-state index in [4.69, 9.17) is 8.92 Å². The number of phenolic OH excluding ortho intramolecular Hbond substituents is 1. The molecular formula is C29H31NO6S. The summed E-state index contributed by atoms with van der Waals surface area (Å²) in [5.74, 6) is -0.630. The number of rotatable bonds is 7. The molecule has 0 amide bonds. The zero-order valence-corrected chi connectivity index (χ0v) is 22.4. The minimum Gasteiger partial charge on any atom is -0.508 e. The quantitative estimate of drug-likeness (QED) is 0.241. The smallest absolute Gasteiger partial charge is 0.355 e. The maximum absolute atomic E-state index is 13.4. The van der Waals surface area contributed by atoms with Crippen molar-refractivity contribution in [2.45, 2.75) is 39.7 Å². The average molecular weight is 522 g/mol. The molecule has 0 bridgehead atoms. The molecule has 0 fully saturated rings. The predicted molar refractivity (Wildman–Crippen MR) is 145 cm³/mol. The summed E-state index contributed by atoms with van der Waals surface area (Å²) in [7, 11) is -3.79. The highest BCUT2D eigenvalue weighted by Gasteiger charge is 2.26. The Balaban J connectivity index is 1.92. The van der Waals surface area contributed by atoms with Crippen LogP contribution < -0.4 is 4.18 Å². The van der Waals surface area contributed by atoms with Gasteiger partial charge in [0.15, 0.2) is 0 Å². The van der Waals surface area contributed by atoms with Crippen molar-refractivity contribution in [1.29, 1.82) is 0 Å². The van der Waals surface area contributed by atoms with Crippen LogP contribution >= 0.6 is 0 Å². The zero-order valence-electron chi connectivity index (χ0n) is 21.6. The highest BCUT2D eigenvalue weighted by molar-refractivity contribution is 7.86. The normalized spacial score (nSPS) is 12.0. The van der Waals surface area contributed by atoms with Gasteiger partial charge >= 0.3 is 16.1 Å². The molecule has 4 aromatic rings. The van der Waals surface area contributed by atoms with Crippen LogP contribution in [0, 0.1) is 0 Å². The molecule has 0 unspecified atom stereocenters. The number of aromatic hydroxyl groups is 1. The number of nitrogens with zero attached hydrogens (tertiary/aromatic N) is 1. The largest absolute Gasteiger partial charge is 0.508 e. The van der Waals surface area contributed by atoms with Crippen molar-refractivity contribution in [1.82, 2.24) is 4.57 Å². The van der Waals surface area contributed by atoms with Gasteiger partial charge in [0.2, 0.25) is 0 Å². The Labute approximate surface area is 217 Å². The van der Waals surface area contributed by atoms with Crippen molar-refractivity contribution >= 4 is 27.0 Å². The van der Waals surface area contributed by atoms with Crippen LogP contribution in [-0.2, 0) is 26.8 Å². The molecule has 0 aliphatic heterocycles. The van der Waals surface area contributed by atoms with Gasteiger partial charge in [0, 0.05) is 29.1 Å². The third-order valence-electron chi connectivity index (χ3n) is 6.02. The van der Waals surface area contributed by atoms with Gasteiger partial charge in [0.05, 0.1) is 12.9 Å². The van der Waals surface area contributed by atoms with E-state index in [9.17, 15) is 18.3 Å². The minimum absolute atomic E-state index is 0.00959. The molecular weight excluding hydrogens is 490 g/mol. The Morgan fingerprint density at radius 3 is 2.30 bits per heavy atom. The Morgan fingerprint density at radius 1 is 1.00 bits per heavy atom. The Kier molecular flexibility index (Phi) is 7.06. The minimum atomic E-state index is -3.79. The van der Waals surface area contributed by atoms with E-state index < -0.39 is 16.1 Å². The summed E-state index contributed by atoms with van der Waals surface area (Å²) >= 11 is 0. The average Bonchev–Trinajstić information content (AvgIpc) is 3.11. The van der Waals surface area contributed by atoms with Crippen LogP contribution in [0.5, 0.6) is 11.5 Å². The van der Waals surface area contributed by atoms with Crippen molar-refractivity contribution in [3.8, 4) is 22.6 Å². The van der Waals surface area contributed by atoms with Gasteiger partial charge in [-0.3, -0.25) is 0 Å². The van der Waals surface area contributed by atoms with Crippen LogP contribution in [0.25, 0.3) is 22.0 Å². The fourth-order valence-corrected chi connectivity index (χ4v) is 4.89. The summed E-state index contributed by atoms with van der Waals surface area (Å²) in [6.07, 6.45) is 0.937. The summed E-state index contributed by atoms with van der Waals surface area (Å²) < 4.78 is 35.6. The molecule has 8 heteroatoms. The van der Waals surface area contributed by atoms with Crippen LogP contribution in [0.1, 0.15) is 49.3 Å². The standard InChI is InChI=1S/C29H31NO6S/c1-6-35-28(32)27-26(20-11-13-21(14-12-20)29(2,3)4)24-9-7-8-10-25(24)30(27)18-19-15-22(31)17-23(16-19)36-37(5,33)34/h7-17,31H,6,18H2,1-5H3. The number of carbonyl (C=O) groups excluding carboxylic acids is 1. The molecule has 0 saturated heterocycles. The van der Waals surface area contributed by atoms with Gasteiger partial charge in [0.1, 0.15) is 17.2 Å². The first-order chi connectivity index (χ1) is 17.4. The first-order valence-electron chi connectivity index (χ1n) is 12.0. The van der Waals surface area contributed by atoms with Crippen molar-refractivity contribution in [3.63, 3.8) is 0 Å². The van der Waals surface area contributed by atoms with Crippen LogP contribution in [0.15, 0.2) is 66.7 Å². The maximum Gasteiger partial charge on any atom is 0.355 e. The van der Waals surface area contributed by atoms with Gasteiger partial charge < -0.3 is 18.6 Å². The second-order valence-corrected chi connectivity index (χ2v) is 11.6. The number of benzene rings is 3. The number of fused-ring (bicyclic) bond motifs is 1. The molecule has 0 spiro atoms. The van der Waals surface area contributed by atoms with Crippen LogP contribution in [0.2, 0.25) is 0 Å². The van der Waals surface area contributed by atoms with E-state index in [1.54, 1.807) is 6.92 Å². The van der Waals surface area contributed by atoms with Crippen LogP contribution in [0.4, 0.5) is 0 Å². The van der Waals surface area contributed by atoms with Gasteiger partial charge in [-0.25, -0.2) is 4.79 Å². The van der Waals surface area contributed by atoms with Crippen molar-refractivity contribution in [2.24, 2.45) is 0 Å². The molecule has 1 aromatic heterocycles. The second kappa shape index (κ2) is 9.94. The molecule has 0 aliphatic rings. The Morgan fingerprint density at radius 2 is 1.68 bits per heavy atom. The van der Waals surface area contributed by atoms with Crippen molar-refractivity contribution < 1.29 is 27.2 Å². The molecule has 0 saturated carbocycles. The number of phenols is 1. The van der Waals surface area contributed by atoms with Crippen LogP contribution in [0.3, 0.4) is 0 Å². The highest BCUT2D eigenvalue weighted by atomic mass is 32.2. The van der Waals surface area contributed by atoms with Gasteiger partial charge in [-0.15, -0.1) is 0 Å². The van der Waals surface area contributed by atoms with E-state index in [2.05, 4.69) is 32.9 Å². The molecule has 194 valence electrons. The molecule has 0 atom stereocenters. The van der Waals surface area contributed by atoms with Gasteiger partial charge in [0.25, 0.3) is 0 Å². The maximum atomic E-state index is 13.4. The van der Waals surface area contributed by atoms with E-state index in [-0.39, 0.29) is 30.1 Å². The van der Waals surface area contributed by atoms with Gasteiger partial charge in [-0.2, -0.15) is 8.42 Å². The van der Waals surface area contributed by atoms with Gasteiger partial charge in [-0.1, -0.05) is 63.2 Å². The molecule has 1 N–H and O–H groups in total. The van der Waals surface area contributed by atoms with Crippen molar-refractivity contribution in [2.75, 3.05) is 12.9 Å². The van der Waals surface area contributed by atoms with E-state index in [1.165, 1.54) is 23.8 Å². The van der Waals surface area contributed by atoms with Gasteiger partial charge in [-0.05, 0) is 47.2 Å². The van der Waals surface area contributed by atoms with E-state index in [0.29, 0.717) is 11.3 Å². The number of hydrogen-bond acceptors (Lipinski definition) is 6. The lowest BCUT2D eigenvalue weighted by molar-refractivity contribution is 0.0516. The summed E-state index contributed by atoms with van der Waals surface area (Å²) in [6, 6.07) is 20.1. The molecule has 7 nitrogen and oxygen atoms in total. The second-order valence-electron chi connectivity index (χ2n) is 10.00. The first kappa shape index (κ1) is 26.3. The lowest BCUT2D eigenvalue weighted by Crippen LogP contribution is -2.14. The van der Waals surface area contributed by atoms with E-state index in [1.807, 2.05) is 41.0 Å².